The Bertz CT molecular complexity index is 1340. The Morgan fingerprint density at radius 2 is 1.79 bits per heavy atom. The zero-order valence-electron chi connectivity index (χ0n) is 17.9. The number of aromatic nitrogens is 3. The van der Waals surface area contributed by atoms with Gasteiger partial charge in [-0.2, -0.15) is 4.98 Å². The lowest BCUT2D eigenvalue weighted by Gasteiger charge is -2.20. The van der Waals surface area contributed by atoms with Crippen molar-refractivity contribution in [3.05, 3.63) is 78.6 Å². The van der Waals surface area contributed by atoms with Gasteiger partial charge in [-0.05, 0) is 61.7 Å². The Morgan fingerprint density at radius 1 is 0.970 bits per heavy atom. The highest BCUT2D eigenvalue weighted by molar-refractivity contribution is 6.06. The third-order valence-corrected chi connectivity index (χ3v) is 5.66. The number of hydrogen-bond acceptors (Lipinski definition) is 6. The van der Waals surface area contributed by atoms with Gasteiger partial charge < -0.3 is 10.1 Å². The van der Waals surface area contributed by atoms with E-state index >= 15 is 0 Å². The average Bonchev–Trinajstić information content (AvgIpc) is 3.10. The summed E-state index contributed by atoms with van der Waals surface area (Å²) in [5, 5.41) is 5.78. The number of amides is 3. The monoisotopic (exact) mass is 439 g/mol. The summed E-state index contributed by atoms with van der Waals surface area (Å²) in [7, 11) is 0. The molecule has 3 heterocycles. The summed E-state index contributed by atoms with van der Waals surface area (Å²) in [6, 6.07) is 18.6. The van der Waals surface area contributed by atoms with Gasteiger partial charge in [0.1, 0.15) is 11.3 Å². The van der Waals surface area contributed by atoms with Crippen LogP contribution in [0.15, 0.2) is 73.1 Å². The highest BCUT2D eigenvalue weighted by atomic mass is 16.5. The Kier molecular flexibility index (Phi) is 5.18. The number of nitrogens with one attached hydrogen (secondary N) is 2. The van der Waals surface area contributed by atoms with E-state index in [0.717, 1.165) is 22.0 Å². The standard InChI is InChI=1S/C25H21N5O3/c1-25(23(31)29-24(32)30-25)13-12-16-8-10-18(11-9-16)33-22-19-6-2-3-7-20(19)27-21(28-22)17-5-4-14-26-15-17/h2-11,14-15H,12-13H2,1H3,(H2,29,30,31,32). The van der Waals surface area contributed by atoms with Crippen molar-refractivity contribution in [2.45, 2.75) is 25.3 Å². The van der Waals surface area contributed by atoms with Crippen molar-refractivity contribution < 1.29 is 14.3 Å². The largest absolute Gasteiger partial charge is 0.438 e. The minimum Gasteiger partial charge on any atom is -0.438 e. The topological polar surface area (TPSA) is 106 Å². The molecule has 164 valence electrons. The van der Waals surface area contributed by atoms with Crippen LogP contribution in [-0.2, 0) is 11.2 Å². The molecule has 1 aliphatic rings. The number of aryl methyl sites for hydroxylation is 1. The number of urea groups is 1. The molecule has 2 N–H and O–H groups in total. The number of para-hydroxylation sites is 1. The van der Waals surface area contributed by atoms with Gasteiger partial charge in [0.15, 0.2) is 5.82 Å². The van der Waals surface area contributed by atoms with E-state index in [1.165, 1.54) is 0 Å². The first-order chi connectivity index (χ1) is 16.0. The molecule has 3 amide bonds. The summed E-state index contributed by atoms with van der Waals surface area (Å²) in [4.78, 5) is 36.9. The third-order valence-electron chi connectivity index (χ3n) is 5.66. The molecule has 1 unspecified atom stereocenters. The Labute approximate surface area is 190 Å². The molecule has 0 saturated carbocycles. The summed E-state index contributed by atoms with van der Waals surface area (Å²) in [6.45, 7) is 1.73. The fraction of sp³-hybridized carbons (Fsp3) is 0.160. The Balaban J connectivity index is 1.36. The minimum atomic E-state index is -0.894. The lowest BCUT2D eigenvalue weighted by Crippen LogP contribution is -2.43. The summed E-state index contributed by atoms with van der Waals surface area (Å²) < 4.78 is 6.15. The van der Waals surface area contributed by atoms with Crippen molar-refractivity contribution in [3.8, 4) is 23.0 Å². The molecule has 33 heavy (non-hydrogen) atoms. The molecule has 0 bridgehead atoms. The van der Waals surface area contributed by atoms with Gasteiger partial charge in [0, 0.05) is 18.0 Å². The molecule has 0 radical (unpaired) electrons. The quantitative estimate of drug-likeness (QED) is 0.440. The molecule has 1 saturated heterocycles. The Morgan fingerprint density at radius 3 is 2.52 bits per heavy atom. The lowest BCUT2D eigenvalue weighted by atomic mass is 9.93. The van der Waals surface area contributed by atoms with Crippen LogP contribution in [0, 0.1) is 0 Å². The highest BCUT2D eigenvalue weighted by Crippen LogP contribution is 2.30. The van der Waals surface area contributed by atoms with E-state index in [1.54, 1.807) is 19.3 Å². The second-order valence-electron chi connectivity index (χ2n) is 8.10. The fourth-order valence-corrected chi connectivity index (χ4v) is 3.74. The van der Waals surface area contributed by atoms with Crippen LogP contribution in [0.2, 0.25) is 0 Å². The maximum atomic E-state index is 12.0. The molecule has 1 atom stereocenters. The van der Waals surface area contributed by atoms with Crippen molar-refractivity contribution >= 4 is 22.8 Å². The number of carbonyl (C=O) groups excluding carboxylic acids is 2. The van der Waals surface area contributed by atoms with Gasteiger partial charge in [-0.15, -0.1) is 0 Å². The summed E-state index contributed by atoms with van der Waals surface area (Å²) in [5.74, 6) is 1.34. The number of ether oxygens (including phenoxy) is 1. The number of fused-ring (bicyclic) bond motifs is 1. The molecule has 2 aromatic carbocycles. The predicted octanol–water partition coefficient (Wildman–Crippen LogP) is 4.01. The van der Waals surface area contributed by atoms with Gasteiger partial charge in [-0.1, -0.05) is 24.3 Å². The second-order valence-corrected chi connectivity index (χ2v) is 8.10. The van der Waals surface area contributed by atoms with Crippen LogP contribution in [0.3, 0.4) is 0 Å². The molecule has 1 fully saturated rings. The van der Waals surface area contributed by atoms with Gasteiger partial charge in [0.05, 0.1) is 10.9 Å². The average molecular weight is 439 g/mol. The van der Waals surface area contributed by atoms with E-state index in [0.29, 0.717) is 30.3 Å². The van der Waals surface area contributed by atoms with Gasteiger partial charge >= 0.3 is 6.03 Å². The maximum Gasteiger partial charge on any atom is 0.322 e. The van der Waals surface area contributed by atoms with Crippen LogP contribution in [-0.4, -0.2) is 32.4 Å². The lowest BCUT2D eigenvalue weighted by molar-refractivity contribution is -0.123. The van der Waals surface area contributed by atoms with Crippen LogP contribution in [0.5, 0.6) is 11.6 Å². The molecule has 8 heteroatoms. The predicted molar refractivity (Wildman–Crippen MR) is 123 cm³/mol. The zero-order valence-corrected chi connectivity index (χ0v) is 17.9. The van der Waals surface area contributed by atoms with Crippen LogP contribution < -0.4 is 15.4 Å². The molecule has 4 aromatic rings. The number of nitrogens with zero attached hydrogens (tertiary/aromatic N) is 3. The van der Waals surface area contributed by atoms with E-state index in [4.69, 9.17) is 4.74 Å². The SMILES string of the molecule is CC1(CCc2ccc(Oc3nc(-c4cccnc4)nc4ccccc34)cc2)NC(=O)NC1=O. The summed E-state index contributed by atoms with van der Waals surface area (Å²) >= 11 is 0. The molecule has 0 spiro atoms. The molecule has 8 nitrogen and oxygen atoms in total. The van der Waals surface area contributed by atoms with Crippen LogP contribution >= 0.6 is 0 Å². The zero-order chi connectivity index (χ0) is 22.8. The number of benzene rings is 2. The molecular formula is C25H21N5O3. The van der Waals surface area contributed by atoms with Crippen LogP contribution in [0.1, 0.15) is 18.9 Å². The molecule has 1 aliphatic heterocycles. The number of pyridine rings is 1. The normalized spacial score (nSPS) is 17.6. The Hall–Kier alpha value is -4.33. The number of rotatable bonds is 6. The fourth-order valence-electron chi connectivity index (χ4n) is 3.74. The number of imide groups is 1. The number of hydrogen-bond donors (Lipinski definition) is 2. The van der Waals surface area contributed by atoms with Gasteiger partial charge in [0.25, 0.3) is 5.91 Å². The third kappa shape index (κ3) is 4.23. The molecular weight excluding hydrogens is 418 g/mol. The van der Waals surface area contributed by atoms with Gasteiger partial charge in [-0.3, -0.25) is 15.1 Å². The first-order valence-corrected chi connectivity index (χ1v) is 10.6. The second kappa shape index (κ2) is 8.31. The van der Waals surface area contributed by atoms with E-state index in [-0.39, 0.29) is 5.91 Å². The first-order valence-electron chi connectivity index (χ1n) is 10.6. The minimum absolute atomic E-state index is 0.299. The maximum absolute atomic E-state index is 12.0. The summed E-state index contributed by atoms with van der Waals surface area (Å²) in [6.07, 6.45) is 4.55. The van der Waals surface area contributed by atoms with Crippen molar-refractivity contribution in [3.63, 3.8) is 0 Å². The number of carbonyl (C=O) groups is 2. The highest BCUT2D eigenvalue weighted by Gasteiger charge is 2.41. The molecule has 0 aliphatic carbocycles. The van der Waals surface area contributed by atoms with Crippen molar-refractivity contribution in [1.82, 2.24) is 25.6 Å². The summed E-state index contributed by atoms with van der Waals surface area (Å²) in [5.41, 5.74) is 1.72. The van der Waals surface area contributed by atoms with E-state index in [2.05, 4.69) is 25.6 Å². The van der Waals surface area contributed by atoms with Crippen molar-refractivity contribution in [2.24, 2.45) is 0 Å². The molecule has 2 aromatic heterocycles. The van der Waals surface area contributed by atoms with E-state index < -0.39 is 11.6 Å². The van der Waals surface area contributed by atoms with E-state index in [9.17, 15) is 9.59 Å². The van der Waals surface area contributed by atoms with Crippen LogP contribution in [0.25, 0.3) is 22.3 Å². The molecule has 5 rings (SSSR count). The van der Waals surface area contributed by atoms with Crippen LogP contribution in [0.4, 0.5) is 4.79 Å². The van der Waals surface area contributed by atoms with Gasteiger partial charge in [-0.25, -0.2) is 9.78 Å². The van der Waals surface area contributed by atoms with Gasteiger partial charge in [0.2, 0.25) is 5.88 Å². The smallest absolute Gasteiger partial charge is 0.322 e. The first kappa shape index (κ1) is 20.6. The van der Waals surface area contributed by atoms with Crippen molar-refractivity contribution in [1.29, 1.82) is 0 Å². The van der Waals surface area contributed by atoms with E-state index in [1.807, 2.05) is 60.7 Å². The van der Waals surface area contributed by atoms with Crippen molar-refractivity contribution in [2.75, 3.05) is 0 Å².